The Morgan fingerprint density at radius 1 is 1.30 bits per heavy atom. The molecule has 1 saturated heterocycles. The number of halogens is 1. The quantitative estimate of drug-likeness (QED) is 0.879. The number of nitrogens with zero attached hydrogens (tertiary/aromatic N) is 1. The molecule has 3 heteroatoms. The SMILES string of the molecule is CCCC1CNC(C2CC2)CN1Cc1ccccc1Br. The zero-order valence-corrected chi connectivity index (χ0v) is 13.9. The summed E-state index contributed by atoms with van der Waals surface area (Å²) in [6.45, 7) is 5.76. The molecule has 1 aliphatic heterocycles. The van der Waals surface area contributed by atoms with E-state index < -0.39 is 0 Å². The first-order valence-corrected chi connectivity index (χ1v) is 8.78. The number of rotatable bonds is 5. The smallest absolute Gasteiger partial charge is 0.0249 e. The molecule has 1 aromatic carbocycles. The molecule has 3 rings (SSSR count). The molecule has 2 unspecified atom stereocenters. The van der Waals surface area contributed by atoms with E-state index >= 15 is 0 Å². The molecular weight excluding hydrogens is 312 g/mol. The second-order valence-corrected chi connectivity index (χ2v) is 7.17. The van der Waals surface area contributed by atoms with Gasteiger partial charge in [0.2, 0.25) is 0 Å². The van der Waals surface area contributed by atoms with Crippen LogP contribution in [0.5, 0.6) is 0 Å². The molecule has 1 heterocycles. The van der Waals surface area contributed by atoms with Gasteiger partial charge in [-0.3, -0.25) is 4.90 Å². The van der Waals surface area contributed by atoms with Crippen molar-refractivity contribution in [2.24, 2.45) is 5.92 Å². The molecular formula is C17H25BrN2. The Morgan fingerprint density at radius 3 is 2.80 bits per heavy atom. The van der Waals surface area contributed by atoms with Crippen LogP contribution < -0.4 is 5.32 Å². The second-order valence-electron chi connectivity index (χ2n) is 6.32. The molecule has 20 heavy (non-hydrogen) atoms. The van der Waals surface area contributed by atoms with Crippen LogP contribution >= 0.6 is 15.9 Å². The van der Waals surface area contributed by atoms with Crippen molar-refractivity contribution in [2.45, 2.75) is 51.2 Å². The van der Waals surface area contributed by atoms with Crippen LogP contribution in [0.1, 0.15) is 38.2 Å². The van der Waals surface area contributed by atoms with Crippen molar-refractivity contribution < 1.29 is 0 Å². The molecule has 2 fully saturated rings. The predicted molar refractivity (Wildman–Crippen MR) is 87.8 cm³/mol. The minimum absolute atomic E-state index is 0.696. The van der Waals surface area contributed by atoms with Gasteiger partial charge in [0.1, 0.15) is 0 Å². The summed E-state index contributed by atoms with van der Waals surface area (Å²) in [6, 6.07) is 10.1. The maximum atomic E-state index is 3.79. The van der Waals surface area contributed by atoms with Crippen LogP contribution in [0, 0.1) is 5.92 Å². The maximum absolute atomic E-state index is 3.79. The van der Waals surface area contributed by atoms with Crippen LogP contribution in [0.15, 0.2) is 28.7 Å². The standard InChI is InChI=1S/C17H25BrN2/c1-2-5-15-10-19-17(13-8-9-13)12-20(15)11-14-6-3-4-7-16(14)18/h3-4,6-7,13,15,17,19H,2,5,8-12H2,1H3. The van der Waals surface area contributed by atoms with Crippen molar-refractivity contribution in [3.05, 3.63) is 34.3 Å². The molecule has 2 aliphatic rings. The minimum Gasteiger partial charge on any atom is -0.311 e. The van der Waals surface area contributed by atoms with Crippen LogP contribution in [0.4, 0.5) is 0 Å². The molecule has 2 atom stereocenters. The van der Waals surface area contributed by atoms with Crippen molar-refractivity contribution in [3.63, 3.8) is 0 Å². The minimum atomic E-state index is 0.696. The van der Waals surface area contributed by atoms with Gasteiger partial charge in [0.25, 0.3) is 0 Å². The Morgan fingerprint density at radius 2 is 2.10 bits per heavy atom. The lowest BCUT2D eigenvalue weighted by molar-refractivity contribution is 0.108. The molecule has 0 spiro atoms. The third-order valence-electron chi connectivity index (χ3n) is 4.71. The van der Waals surface area contributed by atoms with Crippen LogP contribution in [0.3, 0.4) is 0 Å². The molecule has 1 aromatic rings. The lowest BCUT2D eigenvalue weighted by Gasteiger charge is -2.41. The Kier molecular flexibility index (Phi) is 4.79. The average Bonchev–Trinajstić information content (AvgIpc) is 3.28. The van der Waals surface area contributed by atoms with Gasteiger partial charge in [0.05, 0.1) is 0 Å². The number of hydrogen-bond donors (Lipinski definition) is 1. The fraction of sp³-hybridized carbons (Fsp3) is 0.647. The predicted octanol–water partition coefficient (Wildman–Crippen LogP) is 3.80. The number of nitrogens with one attached hydrogen (secondary N) is 1. The zero-order valence-electron chi connectivity index (χ0n) is 12.3. The number of benzene rings is 1. The van der Waals surface area contributed by atoms with Crippen molar-refractivity contribution in [3.8, 4) is 0 Å². The lowest BCUT2D eigenvalue weighted by atomic mass is 10.0. The Bertz CT molecular complexity index is 444. The van der Waals surface area contributed by atoms with Gasteiger partial charge in [0, 0.05) is 36.2 Å². The van der Waals surface area contributed by atoms with Gasteiger partial charge in [-0.2, -0.15) is 0 Å². The fourth-order valence-electron chi connectivity index (χ4n) is 3.35. The normalized spacial score (nSPS) is 27.7. The molecule has 0 radical (unpaired) electrons. The topological polar surface area (TPSA) is 15.3 Å². The largest absolute Gasteiger partial charge is 0.311 e. The molecule has 1 saturated carbocycles. The summed E-state index contributed by atoms with van der Waals surface area (Å²) in [5, 5.41) is 3.79. The molecule has 2 nitrogen and oxygen atoms in total. The third kappa shape index (κ3) is 3.44. The van der Waals surface area contributed by atoms with Crippen LogP contribution in [0.25, 0.3) is 0 Å². The van der Waals surface area contributed by atoms with Crippen LogP contribution in [-0.4, -0.2) is 30.1 Å². The van der Waals surface area contributed by atoms with Crippen LogP contribution in [0.2, 0.25) is 0 Å². The Hall–Kier alpha value is -0.380. The Labute approximate surface area is 131 Å². The van der Waals surface area contributed by atoms with E-state index in [0.717, 1.165) is 18.5 Å². The van der Waals surface area contributed by atoms with Gasteiger partial charge in [-0.05, 0) is 36.8 Å². The van der Waals surface area contributed by atoms with Crippen molar-refractivity contribution in [1.29, 1.82) is 0 Å². The summed E-state index contributed by atoms with van der Waals surface area (Å²) >= 11 is 3.70. The number of hydrogen-bond acceptors (Lipinski definition) is 2. The van der Waals surface area contributed by atoms with Gasteiger partial charge in [-0.15, -0.1) is 0 Å². The van der Waals surface area contributed by atoms with Crippen LogP contribution in [-0.2, 0) is 6.54 Å². The third-order valence-corrected chi connectivity index (χ3v) is 5.48. The second kappa shape index (κ2) is 6.59. The van der Waals surface area contributed by atoms with E-state index in [2.05, 4.69) is 57.3 Å². The Balaban J connectivity index is 1.70. The molecule has 1 aliphatic carbocycles. The highest BCUT2D eigenvalue weighted by Crippen LogP contribution is 2.35. The van der Waals surface area contributed by atoms with E-state index in [4.69, 9.17) is 0 Å². The molecule has 0 bridgehead atoms. The summed E-state index contributed by atoms with van der Waals surface area (Å²) in [5.41, 5.74) is 1.42. The first kappa shape index (κ1) is 14.6. The van der Waals surface area contributed by atoms with E-state index in [1.807, 2.05) is 0 Å². The van der Waals surface area contributed by atoms with Gasteiger partial charge in [-0.25, -0.2) is 0 Å². The summed E-state index contributed by atoms with van der Waals surface area (Å²) in [5.74, 6) is 0.944. The van der Waals surface area contributed by atoms with E-state index in [9.17, 15) is 0 Å². The van der Waals surface area contributed by atoms with Crippen molar-refractivity contribution in [1.82, 2.24) is 10.2 Å². The number of piperazine rings is 1. The highest BCUT2D eigenvalue weighted by Gasteiger charge is 2.36. The van der Waals surface area contributed by atoms with Gasteiger partial charge in [0.15, 0.2) is 0 Å². The maximum Gasteiger partial charge on any atom is 0.0249 e. The fourth-order valence-corrected chi connectivity index (χ4v) is 3.76. The van der Waals surface area contributed by atoms with Gasteiger partial charge < -0.3 is 5.32 Å². The van der Waals surface area contributed by atoms with E-state index in [0.29, 0.717) is 6.04 Å². The van der Waals surface area contributed by atoms with E-state index in [1.54, 1.807) is 0 Å². The highest BCUT2D eigenvalue weighted by atomic mass is 79.9. The molecule has 0 aromatic heterocycles. The van der Waals surface area contributed by atoms with Gasteiger partial charge in [-0.1, -0.05) is 47.5 Å². The van der Waals surface area contributed by atoms with Crippen molar-refractivity contribution in [2.75, 3.05) is 13.1 Å². The highest BCUT2D eigenvalue weighted by molar-refractivity contribution is 9.10. The molecule has 1 N–H and O–H groups in total. The summed E-state index contributed by atoms with van der Waals surface area (Å²) < 4.78 is 1.25. The molecule has 0 amide bonds. The van der Waals surface area contributed by atoms with E-state index in [1.165, 1.54) is 48.8 Å². The average molecular weight is 337 g/mol. The van der Waals surface area contributed by atoms with Gasteiger partial charge >= 0.3 is 0 Å². The first-order chi connectivity index (χ1) is 9.78. The van der Waals surface area contributed by atoms with E-state index in [-0.39, 0.29) is 0 Å². The summed E-state index contributed by atoms with van der Waals surface area (Å²) in [6.07, 6.45) is 5.43. The zero-order chi connectivity index (χ0) is 13.9. The first-order valence-electron chi connectivity index (χ1n) is 7.98. The summed E-state index contributed by atoms with van der Waals surface area (Å²) in [4.78, 5) is 2.71. The lowest BCUT2D eigenvalue weighted by Crippen LogP contribution is -2.56. The summed E-state index contributed by atoms with van der Waals surface area (Å²) in [7, 11) is 0. The van der Waals surface area contributed by atoms with Crippen molar-refractivity contribution >= 4 is 15.9 Å². The monoisotopic (exact) mass is 336 g/mol. The molecule has 110 valence electrons.